The van der Waals surface area contributed by atoms with Gasteiger partial charge in [0.15, 0.2) is 5.78 Å². The second-order valence-electron chi connectivity index (χ2n) is 3.85. The van der Waals surface area contributed by atoms with Gasteiger partial charge in [0.1, 0.15) is 5.75 Å². The fourth-order valence-corrected chi connectivity index (χ4v) is 1.81. The van der Waals surface area contributed by atoms with E-state index >= 15 is 0 Å². The number of rotatable bonds is 5. The van der Waals surface area contributed by atoms with Crippen LogP contribution in [0, 0.1) is 13.8 Å². The summed E-state index contributed by atoms with van der Waals surface area (Å²) < 4.78 is 5.21. The van der Waals surface area contributed by atoms with Crippen molar-refractivity contribution in [2.24, 2.45) is 0 Å². The van der Waals surface area contributed by atoms with Crippen molar-refractivity contribution < 1.29 is 9.53 Å². The predicted molar refractivity (Wildman–Crippen MR) is 66.8 cm³/mol. The van der Waals surface area contributed by atoms with Crippen molar-refractivity contribution in [1.82, 2.24) is 0 Å². The number of ether oxygens (including phenoxy) is 1. The highest BCUT2D eigenvalue weighted by Crippen LogP contribution is 2.23. The number of halogens is 1. The van der Waals surface area contributed by atoms with Crippen LogP contribution < -0.4 is 4.74 Å². The summed E-state index contributed by atoms with van der Waals surface area (Å²) in [4.78, 5) is 11.9. The van der Waals surface area contributed by atoms with E-state index in [0.717, 1.165) is 28.9 Å². The average Bonchev–Trinajstić information content (AvgIpc) is 2.28. The summed E-state index contributed by atoms with van der Waals surface area (Å²) in [5.41, 5.74) is 2.73. The minimum atomic E-state index is 0.156. The zero-order valence-electron chi connectivity index (χ0n) is 9.97. The summed E-state index contributed by atoms with van der Waals surface area (Å²) in [5, 5.41) is 0. The van der Waals surface area contributed by atoms with E-state index in [1.165, 1.54) is 0 Å². The standard InChI is InChI=1S/C13H17ClO2/c1-9-8-13(16-3)10(2)7-11(9)12(15)5-4-6-14/h7-8H,4-6H2,1-3H3. The molecule has 0 radical (unpaired) electrons. The molecule has 2 nitrogen and oxygen atoms in total. The monoisotopic (exact) mass is 240 g/mol. The van der Waals surface area contributed by atoms with E-state index < -0.39 is 0 Å². The van der Waals surface area contributed by atoms with Crippen molar-refractivity contribution in [1.29, 1.82) is 0 Å². The third kappa shape index (κ3) is 2.99. The summed E-state index contributed by atoms with van der Waals surface area (Å²) in [5.74, 6) is 1.51. The summed E-state index contributed by atoms with van der Waals surface area (Å²) in [7, 11) is 1.64. The number of Topliss-reactive ketones (excluding diaryl/α,β-unsaturated/α-hetero) is 1. The molecule has 0 bridgehead atoms. The maximum absolute atomic E-state index is 11.9. The van der Waals surface area contributed by atoms with Gasteiger partial charge in [-0.15, -0.1) is 11.6 Å². The molecule has 1 rings (SSSR count). The molecular formula is C13H17ClO2. The van der Waals surface area contributed by atoms with Gasteiger partial charge in [0.25, 0.3) is 0 Å². The van der Waals surface area contributed by atoms with Crippen molar-refractivity contribution in [3.05, 3.63) is 28.8 Å². The highest BCUT2D eigenvalue weighted by Gasteiger charge is 2.11. The molecule has 1 aromatic carbocycles. The zero-order chi connectivity index (χ0) is 12.1. The van der Waals surface area contributed by atoms with Crippen LogP contribution in [-0.4, -0.2) is 18.8 Å². The highest BCUT2D eigenvalue weighted by molar-refractivity contribution is 6.18. The SMILES string of the molecule is COc1cc(C)c(C(=O)CCCCl)cc1C. The molecule has 16 heavy (non-hydrogen) atoms. The number of hydrogen-bond donors (Lipinski definition) is 0. The van der Waals surface area contributed by atoms with E-state index in [1.54, 1.807) is 7.11 Å². The third-order valence-corrected chi connectivity index (χ3v) is 2.85. The first-order valence-electron chi connectivity index (χ1n) is 5.34. The summed E-state index contributed by atoms with van der Waals surface area (Å²) in [6.45, 7) is 3.87. The molecule has 0 unspecified atom stereocenters. The summed E-state index contributed by atoms with van der Waals surface area (Å²) in [6, 6.07) is 3.80. The van der Waals surface area contributed by atoms with Gasteiger partial charge < -0.3 is 4.74 Å². The molecule has 0 atom stereocenters. The van der Waals surface area contributed by atoms with Crippen LogP contribution in [0.1, 0.15) is 34.3 Å². The molecule has 0 spiro atoms. The van der Waals surface area contributed by atoms with Crippen LogP contribution in [0.5, 0.6) is 5.75 Å². The molecule has 0 amide bonds. The number of carbonyl (C=O) groups is 1. The lowest BCUT2D eigenvalue weighted by molar-refractivity contribution is 0.0981. The van der Waals surface area contributed by atoms with Gasteiger partial charge in [-0.3, -0.25) is 4.79 Å². The molecule has 0 saturated carbocycles. The highest BCUT2D eigenvalue weighted by atomic mass is 35.5. The quantitative estimate of drug-likeness (QED) is 0.582. The molecule has 3 heteroatoms. The van der Waals surface area contributed by atoms with Gasteiger partial charge in [-0.05, 0) is 43.5 Å². The number of ketones is 1. The Bertz CT molecular complexity index is 386. The lowest BCUT2D eigenvalue weighted by Gasteiger charge is -2.10. The van der Waals surface area contributed by atoms with Crippen LogP contribution in [0.3, 0.4) is 0 Å². The second-order valence-corrected chi connectivity index (χ2v) is 4.23. The molecule has 0 heterocycles. The van der Waals surface area contributed by atoms with Gasteiger partial charge in [0.05, 0.1) is 7.11 Å². The Morgan fingerprint density at radius 2 is 2.00 bits per heavy atom. The molecule has 0 fully saturated rings. The van der Waals surface area contributed by atoms with Gasteiger partial charge in [0.2, 0.25) is 0 Å². The van der Waals surface area contributed by atoms with Crippen LogP contribution in [-0.2, 0) is 0 Å². The van der Waals surface area contributed by atoms with Gasteiger partial charge in [0, 0.05) is 17.9 Å². The molecule has 0 aliphatic heterocycles. The largest absolute Gasteiger partial charge is 0.496 e. The topological polar surface area (TPSA) is 26.3 Å². The van der Waals surface area contributed by atoms with Crippen LogP contribution in [0.25, 0.3) is 0 Å². The Balaban J connectivity index is 2.97. The lowest BCUT2D eigenvalue weighted by atomic mass is 9.99. The van der Waals surface area contributed by atoms with Crippen molar-refractivity contribution in [3.8, 4) is 5.75 Å². The molecule has 0 N–H and O–H groups in total. The van der Waals surface area contributed by atoms with Crippen molar-refractivity contribution >= 4 is 17.4 Å². The van der Waals surface area contributed by atoms with E-state index in [0.29, 0.717) is 12.3 Å². The zero-order valence-corrected chi connectivity index (χ0v) is 10.7. The van der Waals surface area contributed by atoms with Crippen molar-refractivity contribution in [2.75, 3.05) is 13.0 Å². The van der Waals surface area contributed by atoms with E-state index in [1.807, 2.05) is 26.0 Å². The Morgan fingerprint density at radius 1 is 1.31 bits per heavy atom. The number of hydrogen-bond acceptors (Lipinski definition) is 2. The third-order valence-electron chi connectivity index (χ3n) is 2.58. The molecule has 0 aliphatic rings. The van der Waals surface area contributed by atoms with E-state index in [2.05, 4.69) is 0 Å². The minimum absolute atomic E-state index is 0.156. The minimum Gasteiger partial charge on any atom is -0.496 e. The lowest BCUT2D eigenvalue weighted by Crippen LogP contribution is -2.03. The van der Waals surface area contributed by atoms with Gasteiger partial charge in [-0.2, -0.15) is 0 Å². The van der Waals surface area contributed by atoms with Crippen LogP contribution >= 0.6 is 11.6 Å². The Labute approximate surface area is 102 Å². The first-order chi connectivity index (χ1) is 7.60. The van der Waals surface area contributed by atoms with Gasteiger partial charge >= 0.3 is 0 Å². The number of carbonyl (C=O) groups excluding carboxylic acids is 1. The molecule has 0 aliphatic carbocycles. The van der Waals surface area contributed by atoms with Crippen molar-refractivity contribution in [3.63, 3.8) is 0 Å². The summed E-state index contributed by atoms with van der Waals surface area (Å²) >= 11 is 5.58. The van der Waals surface area contributed by atoms with Gasteiger partial charge in [-0.25, -0.2) is 0 Å². The van der Waals surface area contributed by atoms with Crippen LogP contribution in [0.15, 0.2) is 12.1 Å². The number of methoxy groups -OCH3 is 1. The van der Waals surface area contributed by atoms with Gasteiger partial charge in [-0.1, -0.05) is 0 Å². The molecular weight excluding hydrogens is 224 g/mol. The maximum atomic E-state index is 11.9. The fraction of sp³-hybridized carbons (Fsp3) is 0.462. The Kier molecular flexibility index (Phi) is 4.81. The second kappa shape index (κ2) is 5.90. The van der Waals surface area contributed by atoms with Crippen molar-refractivity contribution in [2.45, 2.75) is 26.7 Å². The Morgan fingerprint density at radius 3 is 2.56 bits per heavy atom. The molecule has 0 saturated heterocycles. The predicted octanol–water partition coefficient (Wildman–Crippen LogP) is 3.51. The van der Waals surface area contributed by atoms with E-state index in [9.17, 15) is 4.79 Å². The number of aryl methyl sites for hydroxylation is 2. The maximum Gasteiger partial charge on any atom is 0.163 e. The first-order valence-corrected chi connectivity index (χ1v) is 5.88. The average molecular weight is 241 g/mol. The van der Waals surface area contributed by atoms with Crippen LogP contribution in [0.4, 0.5) is 0 Å². The molecule has 1 aromatic rings. The Hall–Kier alpha value is -1.02. The van der Waals surface area contributed by atoms with Crippen LogP contribution in [0.2, 0.25) is 0 Å². The van der Waals surface area contributed by atoms with E-state index in [-0.39, 0.29) is 5.78 Å². The smallest absolute Gasteiger partial charge is 0.163 e. The molecule has 88 valence electrons. The number of benzene rings is 1. The van der Waals surface area contributed by atoms with E-state index in [4.69, 9.17) is 16.3 Å². The normalized spacial score (nSPS) is 10.2. The number of alkyl halides is 1. The summed E-state index contributed by atoms with van der Waals surface area (Å²) in [6.07, 6.45) is 1.24. The fourth-order valence-electron chi connectivity index (χ4n) is 1.67. The first kappa shape index (κ1) is 13.0. The molecule has 0 aromatic heterocycles.